The van der Waals surface area contributed by atoms with E-state index in [0.29, 0.717) is 11.5 Å². The summed E-state index contributed by atoms with van der Waals surface area (Å²) in [6, 6.07) is 5.08. The largest absolute Gasteiger partial charge is 0.342 e. The summed E-state index contributed by atoms with van der Waals surface area (Å²) in [5.41, 5.74) is 2.56. The van der Waals surface area contributed by atoms with Gasteiger partial charge in [0.25, 0.3) is 0 Å². The molecule has 1 N–H and O–H groups in total. The van der Waals surface area contributed by atoms with Gasteiger partial charge in [-0.15, -0.1) is 0 Å². The Morgan fingerprint density at radius 2 is 2.06 bits per heavy atom. The number of rotatable bonds is 2. The number of aromatic amines is 1. The molecule has 0 bridgehead atoms. The van der Waals surface area contributed by atoms with Crippen molar-refractivity contribution in [3.05, 3.63) is 41.6 Å². The fraction of sp³-hybridized carbons (Fsp3) is 0.308. The third-order valence-electron chi connectivity index (χ3n) is 2.61. The Hall–Kier alpha value is -1.64. The zero-order chi connectivity index (χ0) is 11.7. The molecule has 0 unspecified atom stereocenters. The lowest BCUT2D eigenvalue weighted by atomic mass is 10.1. The summed E-state index contributed by atoms with van der Waals surface area (Å²) in [6.07, 6.45) is 1.79. The standard InChI is InChI=1S/C13H15FN2/c1-8(2)13-15-7-12(16-13)10-4-5-11(14)9(3)6-10/h4-8H,1-3H3,(H,15,16). The Bertz CT molecular complexity index is 500. The van der Waals surface area contributed by atoms with Crippen molar-refractivity contribution in [3.63, 3.8) is 0 Å². The minimum atomic E-state index is -0.174. The molecule has 0 amide bonds. The van der Waals surface area contributed by atoms with Gasteiger partial charge in [-0.05, 0) is 30.7 Å². The molecule has 0 aliphatic heterocycles. The normalized spacial score (nSPS) is 11.1. The molecule has 0 spiro atoms. The molecule has 1 heterocycles. The van der Waals surface area contributed by atoms with E-state index in [1.807, 2.05) is 6.07 Å². The van der Waals surface area contributed by atoms with Crippen molar-refractivity contribution in [1.29, 1.82) is 0 Å². The third kappa shape index (κ3) is 1.98. The smallest absolute Gasteiger partial charge is 0.126 e. The highest BCUT2D eigenvalue weighted by Crippen LogP contribution is 2.21. The Balaban J connectivity index is 2.39. The van der Waals surface area contributed by atoms with Crippen molar-refractivity contribution in [1.82, 2.24) is 9.97 Å². The molecule has 16 heavy (non-hydrogen) atoms. The first-order chi connectivity index (χ1) is 7.58. The molecule has 0 atom stereocenters. The Morgan fingerprint density at radius 3 is 2.62 bits per heavy atom. The van der Waals surface area contributed by atoms with E-state index in [-0.39, 0.29) is 5.82 Å². The van der Waals surface area contributed by atoms with Gasteiger partial charge in [0.1, 0.15) is 11.6 Å². The van der Waals surface area contributed by atoms with Crippen LogP contribution in [-0.4, -0.2) is 9.97 Å². The number of benzene rings is 1. The highest BCUT2D eigenvalue weighted by molar-refractivity contribution is 5.59. The maximum Gasteiger partial charge on any atom is 0.126 e. The van der Waals surface area contributed by atoms with Crippen molar-refractivity contribution < 1.29 is 4.39 Å². The lowest BCUT2D eigenvalue weighted by Crippen LogP contribution is -1.89. The van der Waals surface area contributed by atoms with E-state index in [0.717, 1.165) is 17.1 Å². The molecule has 1 aromatic heterocycles. The van der Waals surface area contributed by atoms with Gasteiger partial charge >= 0.3 is 0 Å². The van der Waals surface area contributed by atoms with Crippen LogP contribution >= 0.6 is 0 Å². The summed E-state index contributed by atoms with van der Waals surface area (Å²) < 4.78 is 13.1. The molecule has 1 aromatic carbocycles. The summed E-state index contributed by atoms with van der Waals surface area (Å²) in [5, 5.41) is 0. The fourth-order valence-electron chi connectivity index (χ4n) is 1.59. The number of nitrogens with one attached hydrogen (secondary N) is 1. The van der Waals surface area contributed by atoms with Crippen LogP contribution in [0, 0.1) is 12.7 Å². The molecule has 2 nitrogen and oxygen atoms in total. The Labute approximate surface area is 94.5 Å². The average Bonchev–Trinajstić information content (AvgIpc) is 2.71. The topological polar surface area (TPSA) is 28.7 Å². The van der Waals surface area contributed by atoms with Crippen LogP contribution in [0.25, 0.3) is 11.3 Å². The molecule has 0 radical (unpaired) electrons. The fourth-order valence-corrected chi connectivity index (χ4v) is 1.59. The quantitative estimate of drug-likeness (QED) is 0.819. The lowest BCUT2D eigenvalue weighted by molar-refractivity contribution is 0.619. The molecule has 84 valence electrons. The zero-order valence-electron chi connectivity index (χ0n) is 9.71. The van der Waals surface area contributed by atoms with Crippen LogP contribution in [-0.2, 0) is 0 Å². The summed E-state index contributed by atoms with van der Waals surface area (Å²) in [5.74, 6) is 1.15. The van der Waals surface area contributed by atoms with E-state index in [9.17, 15) is 4.39 Å². The molecule has 3 heteroatoms. The minimum Gasteiger partial charge on any atom is -0.342 e. The number of imidazole rings is 1. The third-order valence-corrected chi connectivity index (χ3v) is 2.61. The maximum atomic E-state index is 13.1. The summed E-state index contributed by atoms with van der Waals surface area (Å²) >= 11 is 0. The van der Waals surface area contributed by atoms with Gasteiger partial charge in [-0.2, -0.15) is 0 Å². The molecule has 0 saturated heterocycles. The van der Waals surface area contributed by atoms with E-state index < -0.39 is 0 Å². The number of halogens is 1. The van der Waals surface area contributed by atoms with Crippen LogP contribution in [0.4, 0.5) is 4.39 Å². The molecule has 0 aliphatic carbocycles. The van der Waals surface area contributed by atoms with Crippen molar-refractivity contribution >= 4 is 0 Å². The number of H-pyrrole nitrogens is 1. The lowest BCUT2D eigenvalue weighted by Gasteiger charge is -2.01. The molecule has 2 rings (SSSR count). The van der Waals surface area contributed by atoms with Crippen molar-refractivity contribution in [2.24, 2.45) is 0 Å². The van der Waals surface area contributed by atoms with Crippen molar-refractivity contribution in [3.8, 4) is 11.3 Å². The Morgan fingerprint density at radius 1 is 1.31 bits per heavy atom. The van der Waals surface area contributed by atoms with Gasteiger partial charge in [-0.25, -0.2) is 9.37 Å². The van der Waals surface area contributed by atoms with E-state index in [4.69, 9.17) is 0 Å². The van der Waals surface area contributed by atoms with E-state index in [2.05, 4.69) is 23.8 Å². The summed E-state index contributed by atoms with van der Waals surface area (Å²) in [7, 11) is 0. The van der Waals surface area contributed by atoms with Gasteiger partial charge in [-0.1, -0.05) is 13.8 Å². The number of hydrogen-bond acceptors (Lipinski definition) is 1. The number of nitrogens with zero attached hydrogens (tertiary/aromatic N) is 1. The first kappa shape index (κ1) is 10.9. The van der Waals surface area contributed by atoms with Gasteiger partial charge < -0.3 is 4.98 Å². The van der Waals surface area contributed by atoms with Gasteiger partial charge in [-0.3, -0.25) is 0 Å². The second kappa shape index (κ2) is 4.08. The molecular formula is C13H15FN2. The van der Waals surface area contributed by atoms with Gasteiger partial charge in [0.15, 0.2) is 0 Å². The number of aryl methyl sites for hydroxylation is 1. The average molecular weight is 218 g/mol. The molecule has 2 aromatic rings. The van der Waals surface area contributed by atoms with Crippen molar-refractivity contribution in [2.75, 3.05) is 0 Å². The van der Waals surface area contributed by atoms with Crippen molar-refractivity contribution in [2.45, 2.75) is 26.7 Å². The van der Waals surface area contributed by atoms with E-state index in [1.165, 1.54) is 6.07 Å². The van der Waals surface area contributed by atoms with Crippen LogP contribution in [0.15, 0.2) is 24.4 Å². The van der Waals surface area contributed by atoms with Crippen LogP contribution in [0.5, 0.6) is 0 Å². The monoisotopic (exact) mass is 218 g/mol. The van der Waals surface area contributed by atoms with Crippen LogP contribution in [0.3, 0.4) is 0 Å². The van der Waals surface area contributed by atoms with E-state index >= 15 is 0 Å². The predicted octanol–water partition coefficient (Wildman–Crippen LogP) is 3.65. The Kier molecular flexibility index (Phi) is 2.77. The minimum absolute atomic E-state index is 0.174. The summed E-state index contributed by atoms with van der Waals surface area (Å²) in [4.78, 5) is 7.54. The predicted molar refractivity (Wildman–Crippen MR) is 62.8 cm³/mol. The summed E-state index contributed by atoms with van der Waals surface area (Å²) in [6.45, 7) is 5.93. The molecule has 0 fully saturated rings. The zero-order valence-corrected chi connectivity index (χ0v) is 9.71. The molecule has 0 saturated carbocycles. The number of hydrogen-bond donors (Lipinski definition) is 1. The van der Waals surface area contributed by atoms with Crippen LogP contribution < -0.4 is 0 Å². The highest BCUT2D eigenvalue weighted by atomic mass is 19.1. The van der Waals surface area contributed by atoms with Gasteiger partial charge in [0, 0.05) is 11.5 Å². The first-order valence-corrected chi connectivity index (χ1v) is 5.39. The maximum absolute atomic E-state index is 13.1. The van der Waals surface area contributed by atoms with Gasteiger partial charge in [0.2, 0.25) is 0 Å². The second-order valence-corrected chi connectivity index (χ2v) is 4.30. The number of aromatic nitrogens is 2. The van der Waals surface area contributed by atoms with Crippen LogP contribution in [0.1, 0.15) is 31.2 Å². The SMILES string of the molecule is Cc1cc(-c2cnc(C(C)C)[nH]2)ccc1F. The molecular weight excluding hydrogens is 203 g/mol. The first-order valence-electron chi connectivity index (χ1n) is 5.39. The van der Waals surface area contributed by atoms with Crippen LogP contribution in [0.2, 0.25) is 0 Å². The second-order valence-electron chi connectivity index (χ2n) is 4.30. The van der Waals surface area contributed by atoms with Gasteiger partial charge in [0.05, 0.1) is 11.9 Å². The highest BCUT2D eigenvalue weighted by Gasteiger charge is 2.07. The molecule has 0 aliphatic rings. The van der Waals surface area contributed by atoms with E-state index in [1.54, 1.807) is 19.2 Å².